The average Bonchev–Trinajstić information content (AvgIpc) is 2.39. The van der Waals surface area contributed by atoms with Gasteiger partial charge in [0.05, 0.1) is 16.1 Å². The number of carboxylic acids is 1. The molecule has 2 aromatic rings. The molecule has 0 saturated heterocycles. The van der Waals surface area contributed by atoms with Gasteiger partial charge in [-0.15, -0.1) is 0 Å². The molecule has 0 aliphatic heterocycles. The maximum absolute atomic E-state index is 11.9. The summed E-state index contributed by atoms with van der Waals surface area (Å²) < 4.78 is 0. The fraction of sp³-hybridized carbons (Fsp3) is 0. The summed E-state index contributed by atoms with van der Waals surface area (Å²) in [4.78, 5) is 26.6. The van der Waals surface area contributed by atoms with E-state index in [1.807, 2.05) is 0 Å². The Morgan fingerprint density at radius 2 is 1.95 bits per heavy atom. The third kappa shape index (κ3) is 3.08. The Labute approximate surface area is 113 Å². The third-order valence-electron chi connectivity index (χ3n) is 2.37. The van der Waals surface area contributed by atoms with Gasteiger partial charge in [-0.3, -0.25) is 4.79 Å². The van der Waals surface area contributed by atoms with Crippen LogP contribution in [0.15, 0.2) is 42.6 Å². The van der Waals surface area contributed by atoms with Crippen molar-refractivity contribution in [1.29, 1.82) is 0 Å². The number of amides is 1. The number of benzene rings is 1. The molecule has 0 saturated carbocycles. The van der Waals surface area contributed by atoms with E-state index in [4.69, 9.17) is 16.7 Å². The van der Waals surface area contributed by atoms with Crippen molar-refractivity contribution >= 4 is 29.3 Å². The first-order valence-corrected chi connectivity index (χ1v) is 5.71. The van der Waals surface area contributed by atoms with Crippen LogP contribution in [0.1, 0.15) is 20.7 Å². The van der Waals surface area contributed by atoms with Crippen molar-refractivity contribution < 1.29 is 14.7 Å². The minimum Gasteiger partial charge on any atom is -0.478 e. The lowest BCUT2D eigenvalue weighted by Gasteiger charge is -2.06. The van der Waals surface area contributed by atoms with Gasteiger partial charge in [-0.05, 0) is 24.3 Å². The predicted molar refractivity (Wildman–Crippen MR) is 70.6 cm³/mol. The molecule has 0 atom stereocenters. The van der Waals surface area contributed by atoms with Gasteiger partial charge in [-0.2, -0.15) is 0 Å². The number of halogens is 1. The highest BCUT2D eigenvalue weighted by Gasteiger charge is 2.11. The number of anilines is 1. The van der Waals surface area contributed by atoms with Gasteiger partial charge in [0.1, 0.15) is 5.82 Å². The summed E-state index contributed by atoms with van der Waals surface area (Å²) in [5.74, 6) is -1.37. The average molecular weight is 277 g/mol. The van der Waals surface area contributed by atoms with Crippen molar-refractivity contribution in [1.82, 2.24) is 4.98 Å². The van der Waals surface area contributed by atoms with Crippen LogP contribution in [0.25, 0.3) is 0 Å². The van der Waals surface area contributed by atoms with Crippen LogP contribution in [0.2, 0.25) is 5.02 Å². The number of carbonyl (C=O) groups is 2. The zero-order valence-corrected chi connectivity index (χ0v) is 10.4. The van der Waals surface area contributed by atoms with Crippen molar-refractivity contribution in [2.75, 3.05) is 5.32 Å². The van der Waals surface area contributed by atoms with Gasteiger partial charge in [-0.1, -0.05) is 23.7 Å². The Morgan fingerprint density at radius 3 is 2.63 bits per heavy atom. The van der Waals surface area contributed by atoms with Gasteiger partial charge in [0.15, 0.2) is 0 Å². The van der Waals surface area contributed by atoms with E-state index in [0.29, 0.717) is 10.6 Å². The molecule has 0 radical (unpaired) electrons. The van der Waals surface area contributed by atoms with Crippen LogP contribution < -0.4 is 5.32 Å². The maximum Gasteiger partial charge on any atom is 0.335 e. The maximum atomic E-state index is 11.9. The van der Waals surface area contributed by atoms with Crippen LogP contribution in [0.5, 0.6) is 0 Å². The number of carboxylic acid groups (broad SMARTS) is 1. The van der Waals surface area contributed by atoms with Crippen molar-refractivity contribution in [2.45, 2.75) is 0 Å². The molecular formula is C13H9ClN2O3. The van der Waals surface area contributed by atoms with Crippen LogP contribution >= 0.6 is 11.6 Å². The van der Waals surface area contributed by atoms with Crippen molar-refractivity contribution in [3.63, 3.8) is 0 Å². The van der Waals surface area contributed by atoms with Gasteiger partial charge in [0.25, 0.3) is 5.91 Å². The van der Waals surface area contributed by atoms with Gasteiger partial charge < -0.3 is 10.4 Å². The Balaban J connectivity index is 2.22. The molecule has 0 fully saturated rings. The van der Waals surface area contributed by atoms with E-state index >= 15 is 0 Å². The molecule has 5 nitrogen and oxygen atoms in total. The predicted octanol–water partition coefficient (Wildman–Crippen LogP) is 2.69. The van der Waals surface area contributed by atoms with Gasteiger partial charge >= 0.3 is 5.97 Å². The zero-order valence-electron chi connectivity index (χ0n) is 9.63. The number of hydrogen-bond donors (Lipinski definition) is 2. The smallest absolute Gasteiger partial charge is 0.335 e. The largest absolute Gasteiger partial charge is 0.478 e. The quantitative estimate of drug-likeness (QED) is 0.903. The zero-order chi connectivity index (χ0) is 13.8. The Hall–Kier alpha value is -2.40. The molecular weight excluding hydrogens is 268 g/mol. The van der Waals surface area contributed by atoms with E-state index in [1.54, 1.807) is 24.3 Å². The number of carbonyl (C=O) groups excluding carboxylic acids is 1. The lowest BCUT2D eigenvalue weighted by atomic mass is 10.2. The summed E-state index contributed by atoms with van der Waals surface area (Å²) in [7, 11) is 0. The highest BCUT2D eigenvalue weighted by molar-refractivity contribution is 6.34. The van der Waals surface area contributed by atoms with Crippen LogP contribution in [-0.4, -0.2) is 22.0 Å². The summed E-state index contributed by atoms with van der Waals surface area (Å²) in [6, 6.07) is 9.17. The second kappa shape index (κ2) is 5.49. The molecule has 6 heteroatoms. The molecule has 1 amide bonds. The van der Waals surface area contributed by atoms with Crippen LogP contribution in [-0.2, 0) is 0 Å². The normalized spacial score (nSPS) is 9.95. The highest BCUT2D eigenvalue weighted by Crippen LogP contribution is 2.16. The molecule has 2 N–H and O–H groups in total. The number of nitrogens with zero attached hydrogens (tertiary/aromatic N) is 1. The highest BCUT2D eigenvalue weighted by atomic mass is 35.5. The van der Waals surface area contributed by atoms with Gasteiger partial charge in [0, 0.05) is 6.20 Å². The molecule has 0 aliphatic carbocycles. The number of aromatic carboxylic acids is 1. The minimum atomic E-state index is -1.09. The van der Waals surface area contributed by atoms with Gasteiger partial charge in [0.2, 0.25) is 0 Å². The van der Waals surface area contributed by atoms with E-state index in [-0.39, 0.29) is 11.4 Å². The van der Waals surface area contributed by atoms with E-state index in [0.717, 1.165) is 0 Å². The fourth-order valence-electron chi connectivity index (χ4n) is 1.46. The standard InChI is InChI=1S/C13H9ClN2O3/c14-10-4-2-1-3-9(10)12(17)16-11-7-8(13(18)19)5-6-15-11/h1-7H,(H,18,19)(H,15,16,17). The monoisotopic (exact) mass is 276 g/mol. The van der Waals surface area contributed by atoms with E-state index in [9.17, 15) is 9.59 Å². The van der Waals surface area contributed by atoms with E-state index in [1.165, 1.54) is 18.3 Å². The molecule has 0 aliphatic rings. The Morgan fingerprint density at radius 1 is 1.21 bits per heavy atom. The molecule has 1 aromatic heterocycles. The van der Waals surface area contributed by atoms with Gasteiger partial charge in [-0.25, -0.2) is 9.78 Å². The molecule has 0 bridgehead atoms. The molecule has 1 aromatic carbocycles. The first kappa shape index (κ1) is 13.0. The molecule has 1 heterocycles. The van der Waals surface area contributed by atoms with Crippen molar-refractivity contribution in [3.05, 3.63) is 58.7 Å². The summed E-state index contributed by atoms with van der Waals surface area (Å²) >= 11 is 5.89. The third-order valence-corrected chi connectivity index (χ3v) is 2.70. The topological polar surface area (TPSA) is 79.3 Å². The number of nitrogens with one attached hydrogen (secondary N) is 1. The van der Waals surface area contributed by atoms with E-state index < -0.39 is 11.9 Å². The summed E-state index contributed by atoms with van der Waals surface area (Å²) in [6.07, 6.45) is 1.31. The first-order valence-electron chi connectivity index (χ1n) is 5.33. The number of hydrogen-bond acceptors (Lipinski definition) is 3. The van der Waals surface area contributed by atoms with Crippen LogP contribution in [0, 0.1) is 0 Å². The van der Waals surface area contributed by atoms with Crippen LogP contribution in [0.4, 0.5) is 5.82 Å². The lowest BCUT2D eigenvalue weighted by molar-refractivity contribution is 0.0696. The van der Waals surface area contributed by atoms with Crippen molar-refractivity contribution in [2.24, 2.45) is 0 Å². The first-order chi connectivity index (χ1) is 9.08. The molecule has 0 unspecified atom stereocenters. The number of aromatic nitrogens is 1. The Bertz CT molecular complexity index is 643. The molecule has 2 rings (SSSR count). The summed E-state index contributed by atoms with van der Waals surface area (Å²) in [6.45, 7) is 0. The van der Waals surface area contributed by atoms with E-state index in [2.05, 4.69) is 10.3 Å². The number of rotatable bonds is 3. The molecule has 96 valence electrons. The second-order valence-electron chi connectivity index (χ2n) is 3.67. The Kier molecular flexibility index (Phi) is 3.77. The number of pyridine rings is 1. The second-order valence-corrected chi connectivity index (χ2v) is 4.08. The minimum absolute atomic E-state index is 0.0458. The summed E-state index contributed by atoms with van der Waals surface area (Å²) in [5.41, 5.74) is 0.344. The summed E-state index contributed by atoms with van der Waals surface area (Å²) in [5, 5.41) is 11.7. The SMILES string of the molecule is O=C(O)c1ccnc(NC(=O)c2ccccc2Cl)c1. The molecule has 0 spiro atoms. The lowest BCUT2D eigenvalue weighted by Crippen LogP contribution is -2.14. The fourth-order valence-corrected chi connectivity index (χ4v) is 1.68. The van der Waals surface area contributed by atoms with Crippen molar-refractivity contribution in [3.8, 4) is 0 Å². The molecule has 19 heavy (non-hydrogen) atoms. The van der Waals surface area contributed by atoms with Crippen LogP contribution in [0.3, 0.4) is 0 Å².